The van der Waals surface area contributed by atoms with Crippen LogP contribution in [0.2, 0.25) is 0 Å². The Kier molecular flexibility index (Phi) is 7.38. The lowest BCUT2D eigenvalue weighted by atomic mass is 9.81. The van der Waals surface area contributed by atoms with Crippen molar-refractivity contribution < 1.29 is 24.5 Å². The van der Waals surface area contributed by atoms with Crippen LogP contribution in [0.3, 0.4) is 0 Å². The summed E-state index contributed by atoms with van der Waals surface area (Å²) in [5.41, 5.74) is 6.27. The summed E-state index contributed by atoms with van der Waals surface area (Å²) in [5.74, 6) is -0.348. The first kappa shape index (κ1) is 21.8. The van der Waals surface area contributed by atoms with Gasteiger partial charge in [0.1, 0.15) is 5.76 Å². The van der Waals surface area contributed by atoms with Gasteiger partial charge in [0.2, 0.25) is 0 Å². The molecule has 1 heterocycles. The van der Waals surface area contributed by atoms with E-state index in [1.807, 2.05) is 20.8 Å². The monoisotopic (exact) mass is 355 g/mol. The number of carbonyl (C=O) groups is 1. The fraction of sp³-hybridized carbons (Fsp3) is 0.737. The number of ketones is 1. The summed E-state index contributed by atoms with van der Waals surface area (Å²) in [4.78, 5) is 11.9. The molecule has 1 fully saturated rings. The van der Waals surface area contributed by atoms with Crippen LogP contribution in [0.4, 0.5) is 0 Å². The van der Waals surface area contributed by atoms with Crippen LogP contribution in [-0.4, -0.2) is 53.1 Å². The van der Waals surface area contributed by atoms with Crippen LogP contribution >= 0.6 is 0 Å². The van der Waals surface area contributed by atoms with Crippen LogP contribution in [0.1, 0.15) is 48.0 Å². The maximum Gasteiger partial charge on any atom is 0.165 e. The van der Waals surface area contributed by atoms with Crippen LogP contribution in [0.15, 0.2) is 23.5 Å². The van der Waals surface area contributed by atoms with Gasteiger partial charge in [-0.2, -0.15) is 0 Å². The predicted molar refractivity (Wildman–Crippen MR) is 97.3 cm³/mol. The fourth-order valence-electron chi connectivity index (χ4n) is 3.11. The number of hydrogen-bond acceptors (Lipinski definition) is 6. The molecule has 0 aromatic heterocycles. The SMILES string of the molecule is C=C(C(=O)CC)/C(O)=C(/[C@H](C)O[C@@H]1COC(C)[C@H](O)C1N)C(C)(C)C. The highest BCUT2D eigenvalue weighted by atomic mass is 16.6. The summed E-state index contributed by atoms with van der Waals surface area (Å²) < 4.78 is 11.5. The third-order valence-corrected chi connectivity index (χ3v) is 4.62. The number of aliphatic hydroxyl groups is 2. The molecular formula is C19H33NO5. The fourth-order valence-corrected chi connectivity index (χ4v) is 3.11. The van der Waals surface area contributed by atoms with Gasteiger partial charge in [0.25, 0.3) is 0 Å². The number of carbonyl (C=O) groups excluding carboxylic acids is 1. The molecule has 6 heteroatoms. The zero-order valence-electron chi connectivity index (χ0n) is 16.2. The molecule has 6 nitrogen and oxygen atoms in total. The highest BCUT2D eigenvalue weighted by Gasteiger charge is 2.38. The average Bonchev–Trinajstić information content (AvgIpc) is 2.52. The number of rotatable bonds is 6. The number of Topliss-reactive ketones (excluding diaryl/α,β-unsaturated/α-hetero) is 1. The predicted octanol–water partition coefficient (Wildman–Crippen LogP) is 2.26. The molecule has 0 amide bonds. The lowest BCUT2D eigenvalue weighted by Gasteiger charge is -2.39. The van der Waals surface area contributed by atoms with Crippen LogP contribution in [0.25, 0.3) is 0 Å². The molecule has 1 saturated heterocycles. The third kappa shape index (κ3) is 5.14. The van der Waals surface area contributed by atoms with Gasteiger partial charge in [-0.05, 0) is 19.3 Å². The standard InChI is InChI=1S/C19H33NO5/c1-8-13(21)10(2)17(22)15(19(5,6)7)11(3)25-14-9-24-12(4)18(23)16(14)20/h11-12,14,16,18,22-23H,2,8-9,20H2,1,3-7H3/b17-15+/t11-,12?,14+,16?,18-/m0/s1. The van der Waals surface area contributed by atoms with E-state index in [1.54, 1.807) is 20.8 Å². The molecule has 0 radical (unpaired) electrons. The summed E-state index contributed by atoms with van der Waals surface area (Å²) in [6.45, 7) is 15.0. The van der Waals surface area contributed by atoms with Gasteiger partial charge in [0.05, 0.1) is 42.6 Å². The summed E-state index contributed by atoms with van der Waals surface area (Å²) in [6, 6.07) is -0.588. The quantitative estimate of drug-likeness (QED) is 0.384. The van der Waals surface area contributed by atoms with Gasteiger partial charge in [-0.3, -0.25) is 4.79 Å². The van der Waals surface area contributed by atoms with Gasteiger partial charge < -0.3 is 25.4 Å². The minimum atomic E-state index is -0.821. The van der Waals surface area contributed by atoms with Crippen molar-refractivity contribution >= 4 is 5.78 Å². The highest BCUT2D eigenvalue weighted by Crippen LogP contribution is 2.35. The first-order chi connectivity index (χ1) is 11.4. The van der Waals surface area contributed by atoms with Gasteiger partial charge in [-0.1, -0.05) is 34.3 Å². The second kappa shape index (κ2) is 8.45. The number of allylic oxidation sites excluding steroid dienone is 1. The van der Waals surface area contributed by atoms with E-state index < -0.39 is 29.8 Å². The average molecular weight is 355 g/mol. The maximum atomic E-state index is 11.9. The van der Waals surface area contributed by atoms with Crippen molar-refractivity contribution in [3.63, 3.8) is 0 Å². The summed E-state index contributed by atoms with van der Waals surface area (Å²) >= 11 is 0. The summed E-state index contributed by atoms with van der Waals surface area (Å²) in [6.07, 6.45) is -1.94. The molecular weight excluding hydrogens is 322 g/mol. The Bertz CT molecular complexity index is 534. The molecule has 0 aliphatic carbocycles. The lowest BCUT2D eigenvalue weighted by molar-refractivity contribution is -0.155. The second-order valence-corrected chi connectivity index (χ2v) is 7.69. The van der Waals surface area contributed by atoms with Gasteiger partial charge in [-0.15, -0.1) is 0 Å². The summed E-state index contributed by atoms with van der Waals surface area (Å²) in [7, 11) is 0. The molecule has 25 heavy (non-hydrogen) atoms. The van der Waals surface area contributed by atoms with Crippen LogP contribution < -0.4 is 5.73 Å². The molecule has 0 saturated carbocycles. The second-order valence-electron chi connectivity index (χ2n) is 7.69. The molecule has 0 spiro atoms. The lowest BCUT2D eigenvalue weighted by Crippen LogP contribution is -2.58. The van der Waals surface area contributed by atoms with E-state index in [2.05, 4.69) is 6.58 Å². The number of aliphatic hydroxyl groups excluding tert-OH is 2. The largest absolute Gasteiger partial charge is 0.507 e. The Labute approximate surface area is 150 Å². The van der Waals surface area contributed by atoms with Crippen molar-refractivity contribution in [2.45, 2.75) is 78.4 Å². The first-order valence-corrected chi connectivity index (χ1v) is 8.78. The first-order valence-electron chi connectivity index (χ1n) is 8.78. The topological polar surface area (TPSA) is 102 Å². The van der Waals surface area contributed by atoms with Gasteiger partial charge in [-0.25, -0.2) is 0 Å². The van der Waals surface area contributed by atoms with Crippen LogP contribution in [0, 0.1) is 5.41 Å². The summed E-state index contributed by atoms with van der Waals surface area (Å²) in [5, 5.41) is 20.7. The molecule has 144 valence electrons. The minimum absolute atomic E-state index is 0.0840. The number of hydrogen-bond donors (Lipinski definition) is 3. The maximum absolute atomic E-state index is 11.9. The molecule has 1 aliphatic heterocycles. The van der Waals surface area contributed by atoms with Crippen molar-refractivity contribution in [1.29, 1.82) is 0 Å². The Hall–Kier alpha value is -1.21. The van der Waals surface area contributed by atoms with E-state index in [0.717, 1.165) is 0 Å². The van der Waals surface area contributed by atoms with E-state index in [1.165, 1.54) is 0 Å². The van der Waals surface area contributed by atoms with E-state index >= 15 is 0 Å². The van der Waals surface area contributed by atoms with Crippen molar-refractivity contribution in [2.75, 3.05) is 6.61 Å². The zero-order valence-corrected chi connectivity index (χ0v) is 16.2. The molecule has 2 unspecified atom stereocenters. The smallest absolute Gasteiger partial charge is 0.165 e. The van der Waals surface area contributed by atoms with E-state index in [0.29, 0.717) is 5.57 Å². The molecule has 5 atom stereocenters. The number of nitrogens with two attached hydrogens (primary N) is 1. The zero-order chi connectivity index (χ0) is 19.5. The molecule has 0 bridgehead atoms. The molecule has 0 aromatic carbocycles. The van der Waals surface area contributed by atoms with E-state index in [9.17, 15) is 15.0 Å². The van der Waals surface area contributed by atoms with Crippen LogP contribution in [-0.2, 0) is 14.3 Å². The van der Waals surface area contributed by atoms with Crippen LogP contribution in [0.5, 0.6) is 0 Å². The van der Waals surface area contributed by atoms with Crippen molar-refractivity contribution in [3.05, 3.63) is 23.5 Å². The Morgan fingerprint density at radius 2 is 2.00 bits per heavy atom. The molecule has 0 aromatic rings. The van der Waals surface area contributed by atoms with E-state index in [4.69, 9.17) is 15.2 Å². The Morgan fingerprint density at radius 1 is 1.44 bits per heavy atom. The van der Waals surface area contributed by atoms with Crippen molar-refractivity contribution in [3.8, 4) is 0 Å². The van der Waals surface area contributed by atoms with Gasteiger partial charge in [0.15, 0.2) is 5.78 Å². The van der Waals surface area contributed by atoms with Gasteiger partial charge in [0, 0.05) is 12.0 Å². The van der Waals surface area contributed by atoms with Crippen molar-refractivity contribution in [1.82, 2.24) is 0 Å². The highest BCUT2D eigenvalue weighted by molar-refractivity contribution is 5.98. The normalized spacial score (nSPS) is 29.8. The minimum Gasteiger partial charge on any atom is -0.507 e. The molecule has 1 aliphatic rings. The van der Waals surface area contributed by atoms with Gasteiger partial charge >= 0.3 is 0 Å². The van der Waals surface area contributed by atoms with E-state index in [-0.39, 0.29) is 36.2 Å². The third-order valence-electron chi connectivity index (χ3n) is 4.62. The number of ether oxygens (including phenoxy) is 2. The Morgan fingerprint density at radius 3 is 2.48 bits per heavy atom. The molecule has 1 rings (SSSR count). The Balaban J connectivity index is 3.09. The van der Waals surface area contributed by atoms with Crippen molar-refractivity contribution in [2.24, 2.45) is 11.1 Å². The molecule has 4 N–H and O–H groups in total.